The first kappa shape index (κ1) is 30.5. The Morgan fingerprint density at radius 1 is 0.718 bits per heavy atom. The summed E-state index contributed by atoms with van der Waals surface area (Å²) in [5.74, 6) is 0.184. The molecule has 3 aromatic rings. The zero-order chi connectivity index (χ0) is 27.9. The average molecular weight is 533 g/mol. The molecule has 0 N–H and O–H groups in total. The molecule has 0 aliphatic heterocycles. The second-order valence-electron chi connectivity index (χ2n) is 10.8. The summed E-state index contributed by atoms with van der Waals surface area (Å²) < 4.78 is 20.2. The Bertz CT molecular complexity index is 1110. The lowest BCUT2D eigenvalue weighted by molar-refractivity contribution is -0.147. The highest BCUT2D eigenvalue weighted by Gasteiger charge is 2.34. The van der Waals surface area contributed by atoms with E-state index < -0.39 is 11.6 Å². The van der Waals surface area contributed by atoms with Gasteiger partial charge in [0.1, 0.15) is 5.75 Å². The van der Waals surface area contributed by atoms with Gasteiger partial charge in [0.2, 0.25) is 5.67 Å². The van der Waals surface area contributed by atoms with Gasteiger partial charge < -0.3 is 4.74 Å². The van der Waals surface area contributed by atoms with Crippen molar-refractivity contribution in [3.8, 4) is 28.3 Å². The molecule has 4 nitrogen and oxygen atoms in total. The third kappa shape index (κ3) is 10.2. The minimum Gasteiger partial charge on any atom is -0.424 e. The highest BCUT2D eigenvalue weighted by Crippen LogP contribution is 2.26. The number of esters is 1. The minimum atomic E-state index is -1.99. The van der Waals surface area contributed by atoms with E-state index in [0.717, 1.165) is 42.4 Å². The highest BCUT2D eigenvalue weighted by molar-refractivity contribution is 5.81. The monoisotopic (exact) mass is 532 g/mol. The van der Waals surface area contributed by atoms with Gasteiger partial charge in [0.15, 0.2) is 5.82 Å². The molecule has 3 rings (SSSR count). The van der Waals surface area contributed by atoms with Gasteiger partial charge in [-0.3, -0.25) is 0 Å². The van der Waals surface area contributed by atoms with Crippen LogP contribution in [0.4, 0.5) is 4.39 Å². The van der Waals surface area contributed by atoms with Gasteiger partial charge in [-0.25, -0.2) is 19.2 Å². The van der Waals surface area contributed by atoms with Crippen molar-refractivity contribution in [1.82, 2.24) is 9.97 Å². The molecule has 0 spiro atoms. The standard InChI is InChI=1S/C34H45FN2O2/c1-4-6-8-10-12-14-24-34(3,35)33(38)39-31-22-20-28(21-23-31)30-25-36-32(37-26-30)29-18-16-27(17-19-29)15-13-11-9-7-5-2/h16-23,25-26H,4-15,24H2,1-3H3. The van der Waals surface area contributed by atoms with Crippen molar-refractivity contribution in [3.63, 3.8) is 0 Å². The lowest BCUT2D eigenvalue weighted by Crippen LogP contribution is -2.34. The zero-order valence-electron chi connectivity index (χ0n) is 24.1. The number of benzene rings is 2. The highest BCUT2D eigenvalue weighted by atomic mass is 19.1. The van der Waals surface area contributed by atoms with Crippen LogP contribution in [0.25, 0.3) is 22.5 Å². The summed E-state index contributed by atoms with van der Waals surface area (Å²) in [5, 5.41) is 0. The number of ether oxygens (including phenoxy) is 1. The van der Waals surface area contributed by atoms with E-state index in [1.54, 1.807) is 24.5 Å². The van der Waals surface area contributed by atoms with Crippen LogP contribution < -0.4 is 4.74 Å². The summed E-state index contributed by atoms with van der Waals surface area (Å²) in [7, 11) is 0. The maximum atomic E-state index is 14.9. The van der Waals surface area contributed by atoms with Gasteiger partial charge in [-0.2, -0.15) is 0 Å². The molecule has 2 aromatic carbocycles. The van der Waals surface area contributed by atoms with Crippen LogP contribution in [0.3, 0.4) is 0 Å². The summed E-state index contributed by atoms with van der Waals surface area (Å²) in [5.41, 5.74) is 2.12. The lowest BCUT2D eigenvalue weighted by atomic mass is 9.99. The quantitative estimate of drug-likeness (QED) is 0.0986. The van der Waals surface area contributed by atoms with Crippen molar-refractivity contribution in [1.29, 1.82) is 0 Å². The number of aryl methyl sites for hydroxylation is 1. The van der Waals surface area contributed by atoms with Crippen molar-refractivity contribution < 1.29 is 13.9 Å². The SMILES string of the molecule is CCCCCCCCC(C)(F)C(=O)Oc1ccc(-c2cnc(-c3ccc(CCCCCCC)cc3)nc2)cc1. The van der Waals surface area contributed by atoms with Crippen LogP contribution >= 0.6 is 0 Å². The first-order valence-corrected chi connectivity index (χ1v) is 14.9. The molecule has 1 unspecified atom stereocenters. The van der Waals surface area contributed by atoms with Gasteiger partial charge >= 0.3 is 5.97 Å². The van der Waals surface area contributed by atoms with Gasteiger partial charge in [0.25, 0.3) is 0 Å². The largest absolute Gasteiger partial charge is 0.424 e. The number of nitrogens with zero attached hydrogens (tertiary/aromatic N) is 2. The van der Waals surface area contributed by atoms with Crippen LogP contribution in [0.2, 0.25) is 0 Å². The Kier molecular flexibility index (Phi) is 12.6. The molecule has 0 fully saturated rings. The maximum Gasteiger partial charge on any atom is 0.348 e. The topological polar surface area (TPSA) is 52.1 Å². The van der Waals surface area contributed by atoms with Gasteiger partial charge in [-0.15, -0.1) is 0 Å². The molecule has 210 valence electrons. The molecule has 0 aliphatic carbocycles. The van der Waals surface area contributed by atoms with E-state index in [2.05, 4.69) is 48.1 Å². The van der Waals surface area contributed by atoms with Gasteiger partial charge in [-0.05, 0) is 55.9 Å². The number of halogens is 1. The average Bonchev–Trinajstić information content (AvgIpc) is 2.95. The maximum absolute atomic E-state index is 14.9. The summed E-state index contributed by atoms with van der Waals surface area (Å²) in [6.45, 7) is 5.72. The normalized spacial score (nSPS) is 12.7. The predicted octanol–water partition coefficient (Wildman–Crippen LogP) is 9.71. The van der Waals surface area contributed by atoms with Crippen LogP contribution in [0.15, 0.2) is 60.9 Å². The molecule has 39 heavy (non-hydrogen) atoms. The number of hydrogen-bond donors (Lipinski definition) is 0. The molecule has 0 saturated carbocycles. The van der Waals surface area contributed by atoms with Crippen LogP contribution in [0.1, 0.15) is 103 Å². The third-order valence-corrected chi connectivity index (χ3v) is 7.26. The predicted molar refractivity (Wildman–Crippen MR) is 159 cm³/mol. The van der Waals surface area contributed by atoms with E-state index in [9.17, 15) is 9.18 Å². The van der Waals surface area contributed by atoms with Crippen LogP contribution in [-0.2, 0) is 11.2 Å². The zero-order valence-corrected chi connectivity index (χ0v) is 24.1. The molecule has 1 atom stereocenters. The van der Waals surface area contributed by atoms with Crippen LogP contribution in [0, 0.1) is 0 Å². The smallest absolute Gasteiger partial charge is 0.348 e. The molecule has 5 heteroatoms. The third-order valence-electron chi connectivity index (χ3n) is 7.26. The van der Waals surface area contributed by atoms with Gasteiger partial charge in [0.05, 0.1) is 0 Å². The lowest BCUT2D eigenvalue weighted by Gasteiger charge is -2.18. The van der Waals surface area contributed by atoms with E-state index in [1.807, 2.05) is 12.1 Å². The number of hydrogen-bond acceptors (Lipinski definition) is 4. The Morgan fingerprint density at radius 3 is 1.87 bits per heavy atom. The summed E-state index contributed by atoms with van der Waals surface area (Å²) in [6.07, 6.45) is 17.6. The molecular formula is C34H45FN2O2. The number of rotatable bonds is 17. The summed E-state index contributed by atoms with van der Waals surface area (Å²) >= 11 is 0. The fourth-order valence-electron chi connectivity index (χ4n) is 4.65. The first-order valence-electron chi connectivity index (χ1n) is 14.9. The molecule has 1 aromatic heterocycles. The van der Waals surface area contributed by atoms with Crippen molar-refractivity contribution in [3.05, 3.63) is 66.5 Å². The summed E-state index contributed by atoms with van der Waals surface area (Å²) in [6, 6.07) is 15.5. The first-order chi connectivity index (χ1) is 18.9. The van der Waals surface area contributed by atoms with Crippen LogP contribution in [0.5, 0.6) is 5.75 Å². The number of carbonyl (C=O) groups is 1. The molecule has 0 radical (unpaired) electrons. The van der Waals surface area contributed by atoms with Gasteiger partial charge in [0, 0.05) is 23.5 Å². The molecule has 0 amide bonds. The van der Waals surface area contributed by atoms with E-state index in [1.165, 1.54) is 57.4 Å². The summed E-state index contributed by atoms with van der Waals surface area (Å²) in [4.78, 5) is 21.5. The van der Waals surface area contributed by atoms with Crippen molar-refractivity contribution in [2.75, 3.05) is 0 Å². The Hall–Kier alpha value is -3.08. The number of aromatic nitrogens is 2. The van der Waals surface area contributed by atoms with E-state index in [-0.39, 0.29) is 6.42 Å². The molecule has 0 aliphatic rings. The van der Waals surface area contributed by atoms with Crippen LogP contribution in [-0.4, -0.2) is 21.6 Å². The minimum absolute atomic E-state index is 0.182. The second kappa shape index (κ2) is 16.1. The number of alkyl halides is 1. The second-order valence-corrected chi connectivity index (χ2v) is 10.8. The van der Waals surface area contributed by atoms with Crippen molar-refractivity contribution in [2.24, 2.45) is 0 Å². The Labute approximate surface area is 234 Å². The Balaban J connectivity index is 1.50. The number of unbranched alkanes of at least 4 members (excludes halogenated alkanes) is 9. The fraction of sp³-hybridized carbons (Fsp3) is 0.500. The van der Waals surface area contributed by atoms with Crippen molar-refractivity contribution in [2.45, 2.75) is 110 Å². The van der Waals surface area contributed by atoms with E-state index >= 15 is 0 Å². The Morgan fingerprint density at radius 2 is 1.26 bits per heavy atom. The fourth-order valence-corrected chi connectivity index (χ4v) is 4.65. The van der Waals surface area contributed by atoms with Gasteiger partial charge in [-0.1, -0.05) is 108 Å². The molecule has 0 saturated heterocycles. The van der Waals surface area contributed by atoms with E-state index in [4.69, 9.17) is 4.74 Å². The number of carbonyl (C=O) groups excluding carboxylic acids is 1. The van der Waals surface area contributed by atoms with Crippen molar-refractivity contribution >= 4 is 5.97 Å². The molecule has 0 bridgehead atoms. The van der Waals surface area contributed by atoms with E-state index in [0.29, 0.717) is 18.0 Å². The molecule has 1 heterocycles. The molecular weight excluding hydrogens is 487 g/mol.